The lowest BCUT2D eigenvalue weighted by molar-refractivity contribution is 0.372. The first-order valence-corrected chi connectivity index (χ1v) is 20.3. The summed E-state index contributed by atoms with van der Waals surface area (Å²) < 4.78 is 24.8. The Bertz CT molecular complexity index is 1430. The van der Waals surface area contributed by atoms with E-state index >= 15 is 0 Å². The Kier molecular flexibility index (Phi) is 7.12. The van der Waals surface area contributed by atoms with Crippen LogP contribution in [0.25, 0.3) is 32.7 Å². The average Bonchev–Trinajstić information content (AvgIpc) is 2.80. The summed E-state index contributed by atoms with van der Waals surface area (Å²) in [4.78, 5) is 0.681. The molecule has 0 amide bonds. The van der Waals surface area contributed by atoms with Crippen molar-refractivity contribution < 1.29 is 13.1 Å². The van der Waals surface area contributed by atoms with Gasteiger partial charge in [0, 0.05) is 11.1 Å². The van der Waals surface area contributed by atoms with Gasteiger partial charge in [0.2, 0.25) is 0 Å². The summed E-state index contributed by atoms with van der Waals surface area (Å²) in [5.41, 5.74) is 1.90. The second-order valence-corrected chi connectivity index (χ2v) is 22.4. The van der Waals surface area contributed by atoms with Gasteiger partial charge in [0.25, 0.3) is 0 Å². The van der Waals surface area contributed by atoms with Gasteiger partial charge in [-0.25, -0.2) is 4.21 Å². The zero-order valence-corrected chi connectivity index (χ0v) is 24.9. The van der Waals surface area contributed by atoms with Crippen molar-refractivity contribution in [3.63, 3.8) is 0 Å². The van der Waals surface area contributed by atoms with E-state index in [1.165, 1.54) is 15.8 Å². The van der Waals surface area contributed by atoms with E-state index in [0.717, 1.165) is 33.0 Å². The van der Waals surface area contributed by atoms with Crippen molar-refractivity contribution in [2.24, 2.45) is 0 Å². The Balaban J connectivity index is 2.12. The van der Waals surface area contributed by atoms with Gasteiger partial charge in [-0.05, 0) is 40.6 Å². The van der Waals surface area contributed by atoms with Crippen molar-refractivity contribution in [1.29, 1.82) is 0 Å². The van der Waals surface area contributed by atoms with E-state index in [4.69, 9.17) is 8.92 Å². The number of hydrogen-bond acceptors (Lipinski definition) is 3. The zero-order chi connectivity index (χ0) is 25.5. The molecule has 1 unspecified atom stereocenters. The molecule has 0 aliphatic carbocycles. The maximum Gasteiger partial charge on any atom is 0.189 e. The highest BCUT2D eigenvalue weighted by Crippen LogP contribution is 2.43. The average molecular weight is 521 g/mol. The third kappa shape index (κ3) is 5.03. The molecule has 0 N–H and O–H groups in total. The van der Waals surface area contributed by atoms with Gasteiger partial charge in [0.15, 0.2) is 11.1 Å². The Labute approximate surface area is 214 Å². The van der Waals surface area contributed by atoms with Crippen molar-refractivity contribution in [3.05, 3.63) is 60.7 Å². The third-order valence-corrected chi connectivity index (χ3v) is 11.8. The third-order valence-electron chi connectivity index (χ3n) is 6.57. The minimum Gasteiger partial charge on any atom is -0.496 e. The van der Waals surface area contributed by atoms with Gasteiger partial charge in [0.05, 0.1) is 34.8 Å². The first kappa shape index (κ1) is 25.8. The van der Waals surface area contributed by atoms with E-state index in [1.54, 1.807) is 7.11 Å². The van der Waals surface area contributed by atoms with Crippen LogP contribution in [0.1, 0.15) is 6.92 Å². The lowest BCUT2D eigenvalue weighted by Crippen LogP contribution is -2.37. The van der Waals surface area contributed by atoms with Crippen LogP contribution in [0.15, 0.2) is 65.6 Å². The van der Waals surface area contributed by atoms with Crippen LogP contribution in [0.5, 0.6) is 5.75 Å². The van der Waals surface area contributed by atoms with Gasteiger partial charge in [-0.15, -0.1) is 0 Å². The fraction of sp³-hybridized carbons (Fsp3) is 0.310. The standard InChI is InChI=1S/C29H36O3SSi2/c1-9-32-33(30)27-17-11-21-19-23(35(6,7)8)13-15-25(21)29(27)28-24-14-12-22(34(3,4)5)18-20(24)10-16-26(28)31-2/h10-19H,9H2,1-8H3. The molecule has 0 fully saturated rings. The Morgan fingerprint density at radius 2 is 1.23 bits per heavy atom. The molecule has 0 spiro atoms. The lowest BCUT2D eigenvalue weighted by Gasteiger charge is -2.22. The van der Waals surface area contributed by atoms with E-state index in [2.05, 4.69) is 87.8 Å². The first-order valence-electron chi connectivity index (χ1n) is 12.2. The van der Waals surface area contributed by atoms with Gasteiger partial charge >= 0.3 is 0 Å². The number of benzene rings is 4. The van der Waals surface area contributed by atoms with Crippen LogP contribution >= 0.6 is 0 Å². The van der Waals surface area contributed by atoms with Gasteiger partial charge < -0.3 is 4.74 Å². The molecule has 0 aliphatic heterocycles. The molecule has 6 heteroatoms. The van der Waals surface area contributed by atoms with Gasteiger partial charge in [-0.1, -0.05) is 98.2 Å². The Morgan fingerprint density at radius 3 is 1.71 bits per heavy atom. The van der Waals surface area contributed by atoms with E-state index in [1.807, 2.05) is 19.1 Å². The Morgan fingerprint density at radius 1 is 0.714 bits per heavy atom. The van der Waals surface area contributed by atoms with Crippen LogP contribution in [0.3, 0.4) is 0 Å². The van der Waals surface area contributed by atoms with Crippen molar-refractivity contribution >= 4 is 59.1 Å². The number of ether oxygens (including phenoxy) is 1. The van der Waals surface area contributed by atoms with Crippen molar-refractivity contribution in [2.45, 2.75) is 51.1 Å². The summed E-state index contributed by atoms with van der Waals surface area (Å²) in [5, 5.41) is 7.30. The van der Waals surface area contributed by atoms with Crippen LogP contribution in [0.4, 0.5) is 0 Å². The summed E-state index contributed by atoms with van der Waals surface area (Å²) in [7, 11) is -1.26. The molecule has 0 saturated heterocycles. The minimum atomic E-state index is -1.59. The SMILES string of the molecule is CCOS(=O)c1ccc2cc([Si](C)(C)C)ccc2c1-c1c(OC)ccc2cc([Si](C)(C)C)ccc12. The van der Waals surface area contributed by atoms with E-state index < -0.39 is 27.2 Å². The molecule has 1 atom stereocenters. The van der Waals surface area contributed by atoms with Gasteiger partial charge in [-0.3, -0.25) is 4.18 Å². The maximum absolute atomic E-state index is 13.3. The highest BCUT2D eigenvalue weighted by molar-refractivity contribution is 7.80. The monoisotopic (exact) mass is 520 g/mol. The molecule has 3 nitrogen and oxygen atoms in total. The van der Waals surface area contributed by atoms with Crippen molar-refractivity contribution in [3.8, 4) is 16.9 Å². The van der Waals surface area contributed by atoms with Gasteiger partial charge in [-0.2, -0.15) is 0 Å². The molecular formula is C29H36O3SSi2. The summed E-state index contributed by atoms with van der Waals surface area (Å²) >= 11 is -1.59. The van der Waals surface area contributed by atoms with Crippen LogP contribution in [0, 0.1) is 0 Å². The summed E-state index contributed by atoms with van der Waals surface area (Å²) in [5.74, 6) is 0.773. The zero-order valence-electron chi connectivity index (χ0n) is 22.1. The second-order valence-electron chi connectivity index (χ2n) is 11.1. The highest BCUT2D eigenvalue weighted by atomic mass is 32.2. The van der Waals surface area contributed by atoms with E-state index in [0.29, 0.717) is 11.5 Å². The first-order chi connectivity index (χ1) is 16.5. The predicted molar refractivity (Wildman–Crippen MR) is 157 cm³/mol. The van der Waals surface area contributed by atoms with Crippen LogP contribution in [-0.2, 0) is 15.3 Å². The minimum absolute atomic E-state index is 0.380. The molecule has 0 radical (unpaired) electrons. The quantitative estimate of drug-likeness (QED) is 0.251. The van der Waals surface area contributed by atoms with Crippen molar-refractivity contribution in [2.75, 3.05) is 13.7 Å². The van der Waals surface area contributed by atoms with Gasteiger partial charge in [0.1, 0.15) is 5.75 Å². The van der Waals surface area contributed by atoms with E-state index in [9.17, 15) is 4.21 Å². The highest BCUT2D eigenvalue weighted by Gasteiger charge is 2.24. The lowest BCUT2D eigenvalue weighted by atomic mass is 9.93. The van der Waals surface area contributed by atoms with Crippen molar-refractivity contribution in [1.82, 2.24) is 0 Å². The van der Waals surface area contributed by atoms with Crippen LogP contribution in [0.2, 0.25) is 39.3 Å². The van der Waals surface area contributed by atoms with E-state index in [-0.39, 0.29) is 0 Å². The molecule has 184 valence electrons. The summed E-state index contributed by atoms with van der Waals surface area (Å²) in [6, 6.07) is 21.7. The fourth-order valence-corrected chi connectivity index (χ4v) is 7.79. The topological polar surface area (TPSA) is 35.5 Å². The molecular weight excluding hydrogens is 485 g/mol. The number of hydrogen-bond donors (Lipinski definition) is 0. The molecule has 4 aromatic carbocycles. The molecule has 35 heavy (non-hydrogen) atoms. The molecule has 0 saturated carbocycles. The van der Waals surface area contributed by atoms with Crippen LogP contribution in [-0.4, -0.2) is 34.1 Å². The second kappa shape index (κ2) is 9.66. The number of rotatable bonds is 7. The molecule has 4 rings (SSSR count). The molecule has 0 aliphatic rings. The summed E-state index contributed by atoms with van der Waals surface area (Å²) in [6.45, 7) is 16.4. The smallest absolute Gasteiger partial charge is 0.189 e. The largest absolute Gasteiger partial charge is 0.496 e. The fourth-order valence-electron chi connectivity index (χ4n) is 4.55. The predicted octanol–water partition coefficient (Wildman–Crippen LogP) is 6.82. The molecule has 4 aromatic rings. The molecule has 0 aromatic heterocycles. The van der Waals surface area contributed by atoms with Crippen LogP contribution < -0.4 is 15.1 Å². The molecule has 0 heterocycles. The normalized spacial score (nSPS) is 13.4. The Hall–Kier alpha value is -2.26. The summed E-state index contributed by atoms with van der Waals surface area (Å²) in [6.07, 6.45) is 0. The molecule has 0 bridgehead atoms. The number of fused-ring (bicyclic) bond motifs is 2. The number of methoxy groups -OCH3 is 1. The maximum atomic E-state index is 13.3.